The van der Waals surface area contributed by atoms with E-state index in [1.807, 2.05) is 19.1 Å². The molecular weight excluding hydrogens is 356 g/mol. The maximum atomic E-state index is 11.8. The third-order valence-corrected chi connectivity index (χ3v) is 4.19. The summed E-state index contributed by atoms with van der Waals surface area (Å²) in [5, 5.41) is 6.93. The van der Waals surface area contributed by atoms with Crippen LogP contribution in [0, 0.1) is 0 Å². The van der Waals surface area contributed by atoms with Gasteiger partial charge >= 0.3 is 0 Å². The van der Waals surface area contributed by atoms with E-state index in [2.05, 4.69) is 15.6 Å². The third-order valence-electron chi connectivity index (χ3n) is 3.94. The van der Waals surface area contributed by atoms with Crippen molar-refractivity contribution < 1.29 is 14.3 Å². The van der Waals surface area contributed by atoms with Crippen LogP contribution in [0.25, 0.3) is 0 Å². The van der Waals surface area contributed by atoms with E-state index in [1.165, 1.54) is 4.90 Å². The molecule has 26 heavy (non-hydrogen) atoms. The van der Waals surface area contributed by atoms with E-state index in [1.54, 1.807) is 19.2 Å². The highest BCUT2D eigenvalue weighted by Crippen LogP contribution is 2.16. The number of aliphatic imine (C=N–C) groups is 1. The molecule has 142 valence electrons. The summed E-state index contributed by atoms with van der Waals surface area (Å²) in [7, 11) is 1.66. The fourth-order valence-corrected chi connectivity index (χ4v) is 2.71. The second kappa shape index (κ2) is 10.0. The van der Waals surface area contributed by atoms with E-state index >= 15 is 0 Å². The van der Waals surface area contributed by atoms with Gasteiger partial charge in [-0.05, 0) is 37.6 Å². The summed E-state index contributed by atoms with van der Waals surface area (Å²) in [6.45, 7) is 3.28. The lowest BCUT2D eigenvalue weighted by Gasteiger charge is -2.25. The number of carbonyl (C=O) groups is 2. The number of nitrogens with zero attached hydrogens (tertiary/aromatic N) is 2. The van der Waals surface area contributed by atoms with Crippen LogP contribution in [-0.2, 0) is 9.59 Å². The highest BCUT2D eigenvalue weighted by molar-refractivity contribution is 6.30. The van der Waals surface area contributed by atoms with Crippen LogP contribution >= 0.6 is 11.6 Å². The number of rotatable bonds is 7. The summed E-state index contributed by atoms with van der Waals surface area (Å²) in [5.74, 6) is 1.13. The van der Waals surface area contributed by atoms with Gasteiger partial charge in [0.05, 0.1) is 6.54 Å². The average Bonchev–Trinajstić information content (AvgIpc) is 2.62. The van der Waals surface area contributed by atoms with Crippen LogP contribution in [0.1, 0.15) is 26.2 Å². The predicted molar refractivity (Wildman–Crippen MR) is 101 cm³/mol. The summed E-state index contributed by atoms with van der Waals surface area (Å²) in [4.78, 5) is 29.0. The van der Waals surface area contributed by atoms with Crippen molar-refractivity contribution in [2.45, 2.75) is 32.3 Å². The first kappa shape index (κ1) is 20.0. The first-order valence-corrected chi connectivity index (χ1v) is 9.07. The lowest BCUT2D eigenvalue weighted by molar-refractivity contribution is -0.147. The van der Waals surface area contributed by atoms with Gasteiger partial charge in [-0.3, -0.25) is 19.5 Å². The number of benzene rings is 1. The minimum Gasteiger partial charge on any atom is -0.489 e. The SMILES string of the molecule is CN=C(NCCN1C(=O)CCCC1=O)NCC(C)Oc1ccc(Cl)cc1. The fraction of sp³-hybridized carbons (Fsp3) is 0.500. The summed E-state index contributed by atoms with van der Waals surface area (Å²) in [6, 6.07) is 7.19. The first-order chi connectivity index (χ1) is 12.5. The molecule has 1 saturated heterocycles. The number of imide groups is 1. The Bertz CT molecular complexity index is 632. The third kappa shape index (κ3) is 6.22. The van der Waals surface area contributed by atoms with Crippen LogP contribution in [0.3, 0.4) is 0 Å². The Morgan fingerprint density at radius 2 is 1.88 bits per heavy atom. The van der Waals surface area contributed by atoms with E-state index in [4.69, 9.17) is 16.3 Å². The number of carbonyl (C=O) groups excluding carboxylic acids is 2. The molecule has 0 bridgehead atoms. The summed E-state index contributed by atoms with van der Waals surface area (Å²) >= 11 is 5.85. The topological polar surface area (TPSA) is 83.0 Å². The Labute approximate surface area is 158 Å². The molecule has 0 aromatic heterocycles. The lowest BCUT2D eigenvalue weighted by atomic mass is 10.1. The molecule has 1 atom stereocenters. The quantitative estimate of drug-likeness (QED) is 0.428. The normalized spacial score (nSPS) is 16.4. The zero-order valence-corrected chi connectivity index (χ0v) is 15.9. The lowest BCUT2D eigenvalue weighted by Crippen LogP contribution is -2.47. The van der Waals surface area contributed by atoms with Crippen molar-refractivity contribution in [2.24, 2.45) is 4.99 Å². The van der Waals surface area contributed by atoms with Gasteiger partial charge < -0.3 is 15.4 Å². The standard InChI is InChI=1S/C18H25ClN4O3/c1-13(26-15-8-6-14(19)7-9-15)12-22-18(20-2)21-10-11-23-16(24)4-3-5-17(23)25/h6-9,13H,3-5,10-12H2,1-2H3,(H2,20,21,22). The number of guanidine groups is 1. The van der Waals surface area contributed by atoms with E-state index < -0.39 is 0 Å². The Morgan fingerprint density at radius 3 is 2.50 bits per heavy atom. The van der Waals surface area contributed by atoms with Gasteiger partial charge in [-0.2, -0.15) is 0 Å². The highest BCUT2D eigenvalue weighted by Gasteiger charge is 2.25. The molecule has 8 heteroatoms. The van der Waals surface area contributed by atoms with E-state index in [0.29, 0.717) is 49.9 Å². The predicted octanol–water partition coefficient (Wildman–Crippen LogP) is 1.81. The summed E-state index contributed by atoms with van der Waals surface area (Å²) in [6.07, 6.45) is 1.45. The molecule has 2 rings (SSSR count). The molecule has 1 unspecified atom stereocenters. The largest absolute Gasteiger partial charge is 0.489 e. The van der Waals surface area contributed by atoms with Gasteiger partial charge in [0.15, 0.2) is 5.96 Å². The maximum Gasteiger partial charge on any atom is 0.229 e. The number of ether oxygens (including phenoxy) is 1. The second-order valence-corrected chi connectivity index (χ2v) is 6.49. The van der Waals surface area contributed by atoms with Gasteiger partial charge in [0.2, 0.25) is 11.8 Å². The van der Waals surface area contributed by atoms with E-state index in [-0.39, 0.29) is 17.9 Å². The number of likely N-dealkylation sites (tertiary alicyclic amines) is 1. The number of piperidine rings is 1. The Hall–Kier alpha value is -2.28. The van der Waals surface area contributed by atoms with Crippen LogP contribution in [0.4, 0.5) is 0 Å². The Morgan fingerprint density at radius 1 is 1.23 bits per heavy atom. The minimum absolute atomic E-state index is 0.0834. The smallest absolute Gasteiger partial charge is 0.229 e. The number of halogens is 1. The van der Waals surface area contributed by atoms with E-state index in [9.17, 15) is 9.59 Å². The van der Waals surface area contributed by atoms with Crippen molar-refractivity contribution in [2.75, 3.05) is 26.7 Å². The Balaban J connectivity index is 1.70. The van der Waals surface area contributed by atoms with Crippen molar-refractivity contribution in [3.8, 4) is 5.75 Å². The van der Waals surface area contributed by atoms with Crippen LogP contribution in [-0.4, -0.2) is 55.5 Å². The van der Waals surface area contributed by atoms with Crippen molar-refractivity contribution >= 4 is 29.4 Å². The molecule has 1 aliphatic rings. The fourth-order valence-electron chi connectivity index (χ4n) is 2.58. The molecule has 1 aromatic rings. The molecule has 0 aliphatic carbocycles. The van der Waals surface area contributed by atoms with Crippen molar-refractivity contribution in [3.05, 3.63) is 29.3 Å². The number of nitrogens with one attached hydrogen (secondary N) is 2. The zero-order chi connectivity index (χ0) is 18.9. The Kier molecular flexibility index (Phi) is 7.72. The maximum absolute atomic E-state index is 11.8. The van der Waals surface area contributed by atoms with Gasteiger partial charge in [0, 0.05) is 38.0 Å². The van der Waals surface area contributed by atoms with Crippen LogP contribution in [0.5, 0.6) is 5.75 Å². The summed E-state index contributed by atoms with van der Waals surface area (Å²) in [5.41, 5.74) is 0. The minimum atomic E-state index is -0.101. The molecule has 1 fully saturated rings. The van der Waals surface area contributed by atoms with Gasteiger partial charge in [-0.25, -0.2) is 0 Å². The van der Waals surface area contributed by atoms with E-state index in [0.717, 1.165) is 5.75 Å². The van der Waals surface area contributed by atoms with Gasteiger partial charge in [0.25, 0.3) is 0 Å². The van der Waals surface area contributed by atoms with Crippen LogP contribution < -0.4 is 15.4 Å². The monoisotopic (exact) mass is 380 g/mol. The van der Waals surface area contributed by atoms with Gasteiger partial charge in [-0.15, -0.1) is 0 Å². The molecule has 2 N–H and O–H groups in total. The number of hydrogen-bond donors (Lipinski definition) is 2. The molecule has 7 nitrogen and oxygen atoms in total. The molecule has 1 aromatic carbocycles. The molecule has 1 heterocycles. The molecular formula is C18H25ClN4O3. The molecule has 2 amide bonds. The first-order valence-electron chi connectivity index (χ1n) is 8.69. The van der Waals surface area contributed by atoms with Crippen molar-refractivity contribution in [1.29, 1.82) is 0 Å². The molecule has 0 spiro atoms. The number of amides is 2. The van der Waals surface area contributed by atoms with Crippen LogP contribution in [0.2, 0.25) is 5.02 Å². The molecule has 1 aliphatic heterocycles. The highest BCUT2D eigenvalue weighted by atomic mass is 35.5. The second-order valence-electron chi connectivity index (χ2n) is 6.05. The van der Waals surface area contributed by atoms with Crippen LogP contribution in [0.15, 0.2) is 29.3 Å². The van der Waals surface area contributed by atoms with Crippen molar-refractivity contribution in [3.63, 3.8) is 0 Å². The van der Waals surface area contributed by atoms with Crippen molar-refractivity contribution in [1.82, 2.24) is 15.5 Å². The van der Waals surface area contributed by atoms with Gasteiger partial charge in [-0.1, -0.05) is 11.6 Å². The molecule has 0 saturated carbocycles. The number of hydrogen-bond acceptors (Lipinski definition) is 4. The summed E-state index contributed by atoms with van der Waals surface area (Å²) < 4.78 is 5.79. The molecule has 0 radical (unpaired) electrons. The zero-order valence-electron chi connectivity index (χ0n) is 15.1. The van der Waals surface area contributed by atoms with Gasteiger partial charge in [0.1, 0.15) is 11.9 Å². The average molecular weight is 381 g/mol.